The molecule has 0 radical (unpaired) electrons. The van der Waals surface area contributed by atoms with E-state index in [1.165, 1.54) is 0 Å². The van der Waals surface area contributed by atoms with Crippen molar-refractivity contribution in [1.29, 1.82) is 0 Å². The minimum absolute atomic E-state index is 0.0166. The molecule has 0 aliphatic carbocycles. The molecule has 132 valence electrons. The molecular weight excluding hydrogens is 334 g/mol. The number of aryl methyl sites for hydroxylation is 2. The van der Waals surface area contributed by atoms with Crippen LogP contribution in [0.1, 0.15) is 49.4 Å². The van der Waals surface area contributed by atoms with E-state index in [0.29, 0.717) is 17.9 Å². The van der Waals surface area contributed by atoms with Gasteiger partial charge in [0.05, 0.1) is 6.04 Å². The van der Waals surface area contributed by atoms with Gasteiger partial charge in [-0.15, -0.1) is 0 Å². The Morgan fingerprint density at radius 2 is 1.96 bits per heavy atom. The molecule has 3 nitrogen and oxygen atoms in total. The maximum absolute atomic E-state index is 12.5. The third kappa shape index (κ3) is 4.55. The van der Waals surface area contributed by atoms with Gasteiger partial charge in [0.2, 0.25) is 5.91 Å². The Kier molecular flexibility index (Phi) is 5.05. The van der Waals surface area contributed by atoms with Crippen molar-refractivity contribution in [2.75, 3.05) is 0 Å². The molecule has 2 aromatic carbocycles. The van der Waals surface area contributed by atoms with E-state index in [1.807, 2.05) is 37.3 Å². The van der Waals surface area contributed by atoms with Gasteiger partial charge in [0.25, 0.3) is 0 Å². The lowest BCUT2D eigenvalue weighted by Crippen LogP contribution is -2.41. The number of hydrogen-bond acceptors (Lipinski definition) is 2. The predicted molar refractivity (Wildman–Crippen MR) is 101 cm³/mol. The van der Waals surface area contributed by atoms with E-state index >= 15 is 0 Å². The predicted octanol–water partition coefficient (Wildman–Crippen LogP) is 5.00. The van der Waals surface area contributed by atoms with Crippen LogP contribution in [0.2, 0.25) is 5.02 Å². The van der Waals surface area contributed by atoms with Crippen LogP contribution in [0.5, 0.6) is 5.75 Å². The summed E-state index contributed by atoms with van der Waals surface area (Å²) in [4.78, 5) is 12.5. The summed E-state index contributed by atoms with van der Waals surface area (Å²) < 4.78 is 6.09. The SMILES string of the molecule is Cc1ccc2c(c1)OC(C)(C)C[C@H]2NC(=O)CCc1ccc(Cl)cc1. The summed E-state index contributed by atoms with van der Waals surface area (Å²) in [5.41, 5.74) is 3.03. The number of nitrogens with one attached hydrogen (secondary N) is 1. The molecule has 0 fully saturated rings. The monoisotopic (exact) mass is 357 g/mol. The zero-order chi connectivity index (χ0) is 18.0. The lowest BCUT2D eigenvalue weighted by molar-refractivity contribution is -0.122. The van der Waals surface area contributed by atoms with Crippen molar-refractivity contribution in [1.82, 2.24) is 5.32 Å². The molecule has 0 bridgehead atoms. The molecule has 1 aliphatic heterocycles. The van der Waals surface area contributed by atoms with E-state index in [4.69, 9.17) is 16.3 Å². The molecule has 1 N–H and O–H groups in total. The van der Waals surface area contributed by atoms with E-state index in [2.05, 4.69) is 31.3 Å². The Morgan fingerprint density at radius 1 is 1.24 bits per heavy atom. The van der Waals surface area contributed by atoms with Crippen LogP contribution < -0.4 is 10.1 Å². The largest absolute Gasteiger partial charge is 0.487 e. The van der Waals surface area contributed by atoms with Gasteiger partial charge in [-0.05, 0) is 56.5 Å². The van der Waals surface area contributed by atoms with Crippen LogP contribution >= 0.6 is 11.6 Å². The van der Waals surface area contributed by atoms with Crippen LogP contribution in [-0.4, -0.2) is 11.5 Å². The zero-order valence-corrected chi connectivity index (χ0v) is 15.7. The summed E-state index contributed by atoms with van der Waals surface area (Å²) in [7, 11) is 0. The van der Waals surface area contributed by atoms with Gasteiger partial charge in [0, 0.05) is 23.4 Å². The van der Waals surface area contributed by atoms with Crippen LogP contribution in [0.15, 0.2) is 42.5 Å². The highest BCUT2D eigenvalue weighted by Gasteiger charge is 2.34. The van der Waals surface area contributed by atoms with Crippen molar-refractivity contribution in [3.8, 4) is 5.75 Å². The van der Waals surface area contributed by atoms with Crippen LogP contribution in [-0.2, 0) is 11.2 Å². The molecule has 25 heavy (non-hydrogen) atoms. The Morgan fingerprint density at radius 3 is 2.68 bits per heavy atom. The van der Waals surface area contributed by atoms with E-state index < -0.39 is 0 Å². The standard InChI is InChI=1S/C21H24ClNO2/c1-14-4-10-17-18(13-21(2,3)25-19(17)12-14)23-20(24)11-7-15-5-8-16(22)9-6-15/h4-6,8-10,12,18H,7,11,13H2,1-3H3,(H,23,24)/t18-/m1/s1. The second kappa shape index (κ2) is 7.09. The minimum atomic E-state index is -0.297. The number of carbonyl (C=O) groups is 1. The lowest BCUT2D eigenvalue weighted by Gasteiger charge is -2.38. The first kappa shape index (κ1) is 17.8. The number of carbonyl (C=O) groups excluding carboxylic acids is 1. The second-order valence-corrected chi connectivity index (χ2v) is 7.79. The van der Waals surface area contributed by atoms with Crippen molar-refractivity contribution >= 4 is 17.5 Å². The van der Waals surface area contributed by atoms with Crippen molar-refractivity contribution in [3.63, 3.8) is 0 Å². The number of rotatable bonds is 4. The first-order valence-electron chi connectivity index (χ1n) is 8.66. The van der Waals surface area contributed by atoms with Crippen molar-refractivity contribution in [2.45, 2.75) is 51.7 Å². The molecular formula is C21H24ClNO2. The van der Waals surface area contributed by atoms with Gasteiger partial charge >= 0.3 is 0 Å². The highest BCUT2D eigenvalue weighted by atomic mass is 35.5. The first-order valence-corrected chi connectivity index (χ1v) is 9.03. The Hall–Kier alpha value is -2.00. The quantitative estimate of drug-likeness (QED) is 0.836. The first-order chi connectivity index (χ1) is 11.8. The molecule has 1 heterocycles. The Labute approximate surface area is 154 Å². The van der Waals surface area contributed by atoms with Gasteiger partial charge in [-0.2, -0.15) is 0 Å². The molecule has 1 amide bonds. The normalized spacial score (nSPS) is 18.2. The number of hydrogen-bond donors (Lipinski definition) is 1. The van der Waals surface area contributed by atoms with Gasteiger partial charge in [-0.1, -0.05) is 35.9 Å². The molecule has 3 rings (SSSR count). The Bertz CT molecular complexity index is 768. The number of halogens is 1. The molecule has 0 spiro atoms. The van der Waals surface area contributed by atoms with E-state index in [1.54, 1.807) is 0 Å². The molecule has 0 unspecified atom stereocenters. The highest BCUT2D eigenvalue weighted by Crippen LogP contribution is 2.39. The fourth-order valence-electron chi connectivity index (χ4n) is 3.26. The van der Waals surface area contributed by atoms with Gasteiger partial charge in [-0.3, -0.25) is 4.79 Å². The molecule has 4 heteroatoms. The summed E-state index contributed by atoms with van der Waals surface area (Å²) in [6, 6.07) is 13.8. The third-order valence-corrected chi connectivity index (χ3v) is 4.77. The molecule has 0 saturated carbocycles. The molecule has 1 atom stereocenters. The van der Waals surface area contributed by atoms with E-state index in [0.717, 1.165) is 28.9 Å². The molecule has 1 aliphatic rings. The molecule has 0 saturated heterocycles. The third-order valence-electron chi connectivity index (χ3n) is 4.52. The summed E-state index contributed by atoms with van der Waals surface area (Å²) >= 11 is 5.90. The van der Waals surface area contributed by atoms with Crippen LogP contribution in [0.3, 0.4) is 0 Å². The van der Waals surface area contributed by atoms with Gasteiger partial charge in [0.15, 0.2) is 0 Å². The van der Waals surface area contributed by atoms with Gasteiger partial charge in [-0.25, -0.2) is 0 Å². The van der Waals surface area contributed by atoms with Gasteiger partial charge < -0.3 is 10.1 Å². The minimum Gasteiger partial charge on any atom is -0.487 e. The topological polar surface area (TPSA) is 38.3 Å². The average molecular weight is 358 g/mol. The van der Waals surface area contributed by atoms with Gasteiger partial charge in [0.1, 0.15) is 11.4 Å². The second-order valence-electron chi connectivity index (χ2n) is 7.35. The van der Waals surface area contributed by atoms with Crippen molar-refractivity contribution in [3.05, 3.63) is 64.2 Å². The average Bonchev–Trinajstić information content (AvgIpc) is 2.52. The van der Waals surface area contributed by atoms with Crippen molar-refractivity contribution < 1.29 is 9.53 Å². The smallest absolute Gasteiger partial charge is 0.220 e. The number of fused-ring (bicyclic) bond motifs is 1. The number of amides is 1. The van der Waals surface area contributed by atoms with Crippen LogP contribution in [0.25, 0.3) is 0 Å². The summed E-state index contributed by atoms with van der Waals surface area (Å²) in [6.45, 7) is 6.17. The maximum Gasteiger partial charge on any atom is 0.220 e. The summed E-state index contributed by atoms with van der Waals surface area (Å²) in [5.74, 6) is 0.934. The summed E-state index contributed by atoms with van der Waals surface area (Å²) in [6.07, 6.45) is 1.92. The lowest BCUT2D eigenvalue weighted by atomic mass is 9.89. The maximum atomic E-state index is 12.5. The fourth-order valence-corrected chi connectivity index (χ4v) is 3.39. The summed E-state index contributed by atoms with van der Waals surface area (Å²) in [5, 5.41) is 3.90. The zero-order valence-electron chi connectivity index (χ0n) is 14.9. The molecule has 0 aromatic heterocycles. The van der Waals surface area contributed by atoms with Crippen molar-refractivity contribution in [2.24, 2.45) is 0 Å². The Balaban J connectivity index is 1.67. The highest BCUT2D eigenvalue weighted by molar-refractivity contribution is 6.30. The van der Waals surface area contributed by atoms with E-state index in [-0.39, 0.29) is 17.6 Å². The van der Waals surface area contributed by atoms with Crippen LogP contribution in [0, 0.1) is 6.92 Å². The molecule has 2 aromatic rings. The van der Waals surface area contributed by atoms with Crippen LogP contribution in [0.4, 0.5) is 0 Å². The number of benzene rings is 2. The number of ether oxygens (including phenoxy) is 1. The van der Waals surface area contributed by atoms with E-state index in [9.17, 15) is 4.79 Å². The fraction of sp³-hybridized carbons (Fsp3) is 0.381.